The Morgan fingerprint density at radius 1 is 1.04 bits per heavy atom. The van der Waals surface area contributed by atoms with Gasteiger partial charge >= 0.3 is 6.03 Å². The summed E-state index contributed by atoms with van der Waals surface area (Å²) >= 11 is 2.66. The van der Waals surface area contributed by atoms with E-state index in [1.165, 1.54) is 5.56 Å². The Hall–Kier alpha value is -2.97. The summed E-state index contributed by atoms with van der Waals surface area (Å²) in [6.45, 7) is 0.290. The van der Waals surface area contributed by atoms with Gasteiger partial charge in [-0.15, -0.1) is 11.8 Å². The average molecular weight is 409 g/mol. The van der Waals surface area contributed by atoms with Gasteiger partial charge in [0.1, 0.15) is 9.86 Å². The van der Waals surface area contributed by atoms with Gasteiger partial charge in [0, 0.05) is 30.3 Å². The largest absolute Gasteiger partial charge is 0.338 e. The van der Waals surface area contributed by atoms with Gasteiger partial charge in [-0.25, -0.2) is 14.8 Å². The van der Waals surface area contributed by atoms with Crippen molar-refractivity contribution in [3.05, 3.63) is 88.5 Å². The second-order valence-electron chi connectivity index (χ2n) is 5.95. The number of pyridine rings is 2. The third-order valence-electron chi connectivity index (χ3n) is 4.05. The fourth-order valence-corrected chi connectivity index (χ4v) is 4.47. The molecule has 0 aliphatic rings. The number of hydrogen-bond acceptors (Lipinski definition) is 6. The zero-order valence-corrected chi connectivity index (χ0v) is 16.4. The lowest BCUT2D eigenvalue weighted by Crippen LogP contribution is -2.32. The van der Waals surface area contributed by atoms with Crippen LogP contribution in [0.2, 0.25) is 0 Å². The normalized spacial score (nSPS) is 10.9. The van der Waals surface area contributed by atoms with E-state index in [9.17, 15) is 9.59 Å². The van der Waals surface area contributed by atoms with Crippen molar-refractivity contribution in [1.82, 2.24) is 19.2 Å². The number of rotatable bonds is 5. The quantitative estimate of drug-likeness (QED) is 0.507. The van der Waals surface area contributed by atoms with Crippen molar-refractivity contribution in [2.45, 2.75) is 17.3 Å². The molecular weight excluding hydrogens is 392 g/mol. The highest BCUT2D eigenvalue weighted by Crippen LogP contribution is 2.24. The molecule has 0 radical (unpaired) electrons. The molecule has 0 aliphatic carbocycles. The summed E-state index contributed by atoms with van der Waals surface area (Å²) in [6, 6.07) is 16.8. The molecule has 0 bridgehead atoms. The number of thioether (sulfide) groups is 1. The monoisotopic (exact) mass is 408 g/mol. The van der Waals surface area contributed by atoms with E-state index in [-0.39, 0.29) is 12.1 Å². The SMILES string of the molecule is O=C(NCc1cccnc1SCc1ccccc1)n1sc2ncccc2c1=O. The minimum Gasteiger partial charge on any atom is -0.332 e. The molecule has 3 aromatic heterocycles. The number of aromatic nitrogens is 3. The Bertz CT molecular complexity index is 1170. The van der Waals surface area contributed by atoms with Gasteiger partial charge in [-0.1, -0.05) is 36.4 Å². The van der Waals surface area contributed by atoms with E-state index in [2.05, 4.69) is 27.4 Å². The van der Waals surface area contributed by atoms with E-state index in [0.717, 1.165) is 31.8 Å². The molecule has 0 aliphatic heterocycles. The zero-order valence-electron chi connectivity index (χ0n) is 14.7. The number of amides is 1. The number of hydrogen-bond donors (Lipinski definition) is 1. The molecule has 0 spiro atoms. The molecule has 0 fully saturated rings. The van der Waals surface area contributed by atoms with Gasteiger partial charge in [0.2, 0.25) is 0 Å². The smallest absolute Gasteiger partial charge is 0.332 e. The van der Waals surface area contributed by atoms with E-state index in [4.69, 9.17) is 0 Å². The maximum Gasteiger partial charge on any atom is 0.338 e. The average Bonchev–Trinajstić information content (AvgIpc) is 3.09. The van der Waals surface area contributed by atoms with E-state index < -0.39 is 6.03 Å². The Morgan fingerprint density at radius 2 is 1.82 bits per heavy atom. The highest BCUT2D eigenvalue weighted by Gasteiger charge is 2.15. The van der Waals surface area contributed by atoms with Crippen LogP contribution in [0, 0.1) is 0 Å². The first kappa shape index (κ1) is 18.4. The Kier molecular flexibility index (Phi) is 5.50. The number of carbonyl (C=O) groups excluding carboxylic acids is 1. The minimum absolute atomic E-state index is 0.290. The number of carbonyl (C=O) groups is 1. The lowest BCUT2D eigenvalue weighted by molar-refractivity contribution is 0.243. The Balaban J connectivity index is 1.46. The van der Waals surface area contributed by atoms with Crippen LogP contribution >= 0.6 is 23.3 Å². The molecule has 0 unspecified atom stereocenters. The van der Waals surface area contributed by atoms with Crippen molar-refractivity contribution in [2.24, 2.45) is 0 Å². The summed E-state index contributed by atoms with van der Waals surface area (Å²) in [7, 11) is 0. The predicted octanol–water partition coefficient (Wildman–Crippen LogP) is 3.90. The van der Waals surface area contributed by atoms with Crippen LogP contribution in [-0.2, 0) is 12.3 Å². The van der Waals surface area contributed by atoms with Gasteiger partial charge in [-0.05, 0) is 35.3 Å². The second-order valence-corrected chi connectivity index (χ2v) is 7.85. The third-order valence-corrected chi connectivity index (χ3v) is 6.18. The molecule has 6 nitrogen and oxygen atoms in total. The van der Waals surface area contributed by atoms with Gasteiger partial charge in [0.25, 0.3) is 5.56 Å². The summed E-state index contributed by atoms with van der Waals surface area (Å²) in [5, 5.41) is 4.11. The summed E-state index contributed by atoms with van der Waals surface area (Å²) < 4.78 is 1.10. The number of fused-ring (bicyclic) bond motifs is 1. The van der Waals surface area contributed by atoms with E-state index in [1.807, 2.05) is 30.3 Å². The van der Waals surface area contributed by atoms with Crippen molar-refractivity contribution < 1.29 is 4.79 Å². The van der Waals surface area contributed by atoms with Gasteiger partial charge in [-0.3, -0.25) is 4.79 Å². The number of benzene rings is 1. The standard InChI is InChI=1S/C20H16N4O2S2/c25-19-16-9-5-11-22-18(16)28-24(19)20(26)23-12-15-8-4-10-21-17(15)27-13-14-6-2-1-3-7-14/h1-11H,12-13H2,(H,23,26). The molecule has 1 N–H and O–H groups in total. The van der Waals surface area contributed by atoms with Crippen LogP contribution in [0.15, 0.2) is 76.8 Å². The van der Waals surface area contributed by atoms with Crippen LogP contribution in [0.25, 0.3) is 10.2 Å². The van der Waals surface area contributed by atoms with Crippen LogP contribution in [-0.4, -0.2) is 20.0 Å². The van der Waals surface area contributed by atoms with Crippen LogP contribution in [0.5, 0.6) is 0 Å². The topological polar surface area (TPSA) is 76.9 Å². The summed E-state index contributed by atoms with van der Waals surface area (Å²) in [6.07, 6.45) is 3.34. The first-order valence-corrected chi connectivity index (χ1v) is 10.3. The van der Waals surface area contributed by atoms with Gasteiger partial charge < -0.3 is 5.32 Å². The molecule has 1 aromatic carbocycles. The molecular formula is C20H16N4O2S2. The molecule has 28 heavy (non-hydrogen) atoms. The van der Waals surface area contributed by atoms with Crippen molar-refractivity contribution in [1.29, 1.82) is 0 Å². The van der Waals surface area contributed by atoms with Crippen LogP contribution in [0.4, 0.5) is 4.79 Å². The van der Waals surface area contributed by atoms with Crippen molar-refractivity contribution in [2.75, 3.05) is 0 Å². The molecule has 3 heterocycles. The van der Waals surface area contributed by atoms with E-state index in [0.29, 0.717) is 10.2 Å². The van der Waals surface area contributed by atoms with Crippen LogP contribution < -0.4 is 10.9 Å². The molecule has 4 aromatic rings. The van der Waals surface area contributed by atoms with Crippen molar-refractivity contribution >= 4 is 39.5 Å². The van der Waals surface area contributed by atoms with Crippen LogP contribution in [0.3, 0.4) is 0 Å². The lowest BCUT2D eigenvalue weighted by atomic mass is 10.2. The van der Waals surface area contributed by atoms with E-state index in [1.54, 1.807) is 36.3 Å². The molecule has 1 amide bonds. The Labute approximate surface area is 169 Å². The third kappa shape index (κ3) is 3.97. The molecule has 0 saturated heterocycles. The number of nitrogens with one attached hydrogen (secondary N) is 1. The zero-order chi connectivity index (χ0) is 19.3. The maximum absolute atomic E-state index is 12.5. The van der Waals surface area contributed by atoms with Gasteiger partial charge in [-0.2, -0.15) is 3.96 Å². The molecule has 4 rings (SSSR count). The number of nitrogens with zero attached hydrogens (tertiary/aromatic N) is 3. The Morgan fingerprint density at radius 3 is 2.64 bits per heavy atom. The summed E-state index contributed by atoms with van der Waals surface area (Å²) in [5.74, 6) is 0.792. The highest BCUT2D eigenvalue weighted by atomic mass is 32.2. The second kappa shape index (κ2) is 8.37. The fraction of sp³-hybridized carbons (Fsp3) is 0.100. The van der Waals surface area contributed by atoms with Gasteiger partial charge in [0.05, 0.1) is 5.39 Å². The minimum atomic E-state index is -0.462. The first-order valence-electron chi connectivity index (χ1n) is 8.58. The first-order chi connectivity index (χ1) is 13.7. The highest BCUT2D eigenvalue weighted by molar-refractivity contribution is 7.98. The predicted molar refractivity (Wildman–Crippen MR) is 112 cm³/mol. The molecule has 140 valence electrons. The summed E-state index contributed by atoms with van der Waals surface area (Å²) in [4.78, 5) is 34.0. The molecule has 0 saturated carbocycles. The van der Waals surface area contributed by atoms with Crippen molar-refractivity contribution in [3.8, 4) is 0 Å². The van der Waals surface area contributed by atoms with Crippen LogP contribution in [0.1, 0.15) is 11.1 Å². The molecule has 0 atom stereocenters. The maximum atomic E-state index is 12.5. The lowest BCUT2D eigenvalue weighted by Gasteiger charge is -2.09. The van der Waals surface area contributed by atoms with Crippen molar-refractivity contribution in [3.63, 3.8) is 0 Å². The van der Waals surface area contributed by atoms with E-state index >= 15 is 0 Å². The molecule has 8 heteroatoms. The fourth-order valence-electron chi connectivity index (χ4n) is 2.65. The van der Waals surface area contributed by atoms with Gasteiger partial charge in [0.15, 0.2) is 0 Å². The summed E-state index contributed by atoms with van der Waals surface area (Å²) in [5.41, 5.74) is 1.76.